The van der Waals surface area contributed by atoms with Crippen LogP contribution in [0.4, 0.5) is 10.5 Å². The summed E-state index contributed by atoms with van der Waals surface area (Å²) in [4.78, 5) is 39.6. The number of imide groups is 1. The number of hydrogen-bond donors (Lipinski definition) is 2. The fourth-order valence-electron chi connectivity index (χ4n) is 4.63. The van der Waals surface area contributed by atoms with Crippen LogP contribution in [-0.2, 0) is 25.2 Å². The molecule has 0 aromatic heterocycles. The van der Waals surface area contributed by atoms with E-state index in [1.807, 2.05) is 19.1 Å². The number of hydrogen-bond acceptors (Lipinski definition) is 6. The highest BCUT2D eigenvalue weighted by atomic mass is 32.2. The lowest BCUT2D eigenvalue weighted by molar-refractivity contribution is -0.133. The highest BCUT2D eigenvalue weighted by molar-refractivity contribution is 7.89. The zero-order chi connectivity index (χ0) is 26.8. The Hall–Kier alpha value is -3.44. The first-order valence-electron chi connectivity index (χ1n) is 12.3. The van der Waals surface area contributed by atoms with Gasteiger partial charge < -0.3 is 15.4 Å². The lowest BCUT2D eigenvalue weighted by Crippen LogP contribution is -2.42. The molecular weight excluding hydrogens is 496 g/mol. The third-order valence-electron chi connectivity index (χ3n) is 6.85. The number of aryl methyl sites for hydroxylation is 1. The van der Waals surface area contributed by atoms with E-state index in [1.54, 1.807) is 19.1 Å². The molecule has 0 aliphatic carbocycles. The Bertz CT molecular complexity index is 1300. The van der Waals surface area contributed by atoms with Gasteiger partial charge in [0.25, 0.3) is 5.91 Å². The van der Waals surface area contributed by atoms with E-state index < -0.39 is 40.0 Å². The Morgan fingerprint density at radius 2 is 1.70 bits per heavy atom. The molecule has 0 radical (unpaired) electrons. The van der Waals surface area contributed by atoms with Gasteiger partial charge in [0.2, 0.25) is 15.9 Å². The molecule has 11 heteroatoms. The molecule has 2 aromatic carbocycles. The summed E-state index contributed by atoms with van der Waals surface area (Å²) >= 11 is 0. The van der Waals surface area contributed by atoms with Gasteiger partial charge in [0, 0.05) is 13.1 Å². The maximum absolute atomic E-state index is 13.2. The number of carbonyl (C=O) groups excluding carboxylic acids is 3. The number of sulfonamides is 1. The number of urea groups is 1. The Labute approximate surface area is 217 Å². The fourth-order valence-corrected chi connectivity index (χ4v) is 6.18. The largest absolute Gasteiger partial charge is 0.495 e. The van der Waals surface area contributed by atoms with Crippen LogP contribution in [0.3, 0.4) is 0 Å². The van der Waals surface area contributed by atoms with Crippen molar-refractivity contribution < 1.29 is 27.5 Å². The predicted molar refractivity (Wildman–Crippen MR) is 138 cm³/mol. The molecule has 2 aliphatic heterocycles. The average Bonchev–Trinajstić information content (AvgIpc) is 3.07. The van der Waals surface area contributed by atoms with Gasteiger partial charge in [-0.05, 0) is 50.5 Å². The van der Waals surface area contributed by atoms with E-state index in [0.29, 0.717) is 18.7 Å². The molecule has 0 bridgehead atoms. The fraction of sp³-hybridized carbons (Fsp3) is 0.423. The molecule has 2 heterocycles. The SMILES string of the molecule is COc1ccc(S(=O)(=O)N2CCCCCC2)cc1NC(=O)CN1C(=O)N[C@](C)(c2ccc(C)cc2)C1=O. The third-order valence-corrected chi connectivity index (χ3v) is 8.75. The van der Waals surface area contributed by atoms with Gasteiger partial charge in [-0.3, -0.25) is 14.5 Å². The minimum absolute atomic E-state index is 0.0347. The zero-order valence-electron chi connectivity index (χ0n) is 21.2. The molecule has 1 atom stereocenters. The molecular formula is C26H32N4O6S. The van der Waals surface area contributed by atoms with Gasteiger partial charge in [0.1, 0.15) is 17.8 Å². The van der Waals surface area contributed by atoms with E-state index in [2.05, 4.69) is 10.6 Å². The number of amides is 4. The van der Waals surface area contributed by atoms with E-state index in [4.69, 9.17) is 4.74 Å². The maximum atomic E-state index is 13.2. The number of nitrogens with one attached hydrogen (secondary N) is 2. The van der Waals surface area contributed by atoms with Crippen LogP contribution >= 0.6 is 0 Å². The molecule has 0 spiro atoms. The smallest absolute Gasteiger partial charge is 0.325 e. The Morgan fingerprint density at radius 1 is 1.05 bits per heavy atom. The number of nitrogens with zero attached hydrogens (tertiary/aromatic N) is 2. The van der Waals surface area contributed by atoms with Gasteiger partial charge in [0.15, 0.2) is 0 Å². The molecule has 2 N–H and O–H groups in total. The van der Waals surface area contributed by atoms with Crippen molar-refractivity contribution in [2.75, 3.05) is 32.1 Å². The first-order chi connectivity index (χ1) is 17.6. The van der Waals surface area contributed by atoms with Crippen LogP contribution in [0.1, 0.15) is 43.7 Å². The van der Waals surface area contributed by atoms with Crippen molar-refractivity contribution in [3.8, 4) is 5.75 Å². The molecule has 10 nitrogen and oxygen atoms in total. The quantitative estimate of drug-likeness (QED) is 0.533. The van der Waals surface area contributed by atoms with Crippen molar-refractivity contribution in [2.45, 2.75) is 50.0 Å². The first-order valence-corrected chi connectivity index (χ1v) is 13.7. The number of anilines is 1. The molecule has 2 fully saturated rings. The Morgan fingerprint density at radius 3 is 2.32 bits per heavy atom. The van der Waals surface area contributed by atoms with E-state index in [-0.39, 0.29) is 16.3 Å². The molecule has 2 saturated heterocycles. The number of methoxy groups -OCH3 is 1. The van der Waals surface area contributed by atoms with Crippen LogP contribution in [-0.4, -0.2) is 62.2 Å². The third kappa shape index (κ3) is 5.33. The van der Waals surface area contributed by atoms with Crippen LogP contribution in [0.25, 0.3) is 0 Å². The summed E-state index contributed by atoms with van der Waals surface area (Å²) in [6, 6.07) is 10.8. The number of carbonyl (C=O) groups is 3. The summed E-state index contributed by atoms with van der Waals surface area (Å²) in [5, 5.41) is 5.29. The highest BCUT2D eigenvalue weighted by Gasteiger charge is 2.49. The number of benzene rings is 2. The Kier molecular flexibility index (Phi) is 7.56. The molecule has 37 heavy (non-hydrogen) atoms. The van der Waals surface area contributed by atoms with Gasteiger partial charge >= 0.3 is 6.03 Å². The van der Waals surface area contributed by atoms with Crippen molar-refractivity contribution in [1.29, 1.82) is 0 Å². The minimum atomic E-state index is -3.76. The van der Waals surface area contributed by atoms with Gasteiger partial charge in [-0.1, -0.05) is 42.7 Å². The Balaban J connectivity index is 1.52. The topological polar surface area (TPSA) is 125 Å². The van der Waals surface area contributed by atoms with Crippen LogP contribution in [0.5, 0.6) is 5.75 Å². The second-order valence-corrected chi connectivity index (χ2v) is 11.5. The van der Waals surface area contributed by atoms with E-state index in [9.17, 15) is 22.8 Å². The molecule has 0 unspecified atom stereocenters. The lowest BCUT2D eigenvalue weighted by atomic mass is 9.91. The maximum Gasteiger partial charge on any atom is 0.325 e. The minimum Gasteiger partial charge on any atom is -0.495 e. The van der Waals surface area contributed by atoms with Crippen molar-refractivity contribution >= 4 is 33.6 Å². The molecule has 4 rings (SSSR count). The molecule has 4 amide bonds. The normalized spacial score (nSPS) is 20.9. The molecule has 0 saturated carbocycles. The monoisotopic (exact) mass is 528 g/mol. The molecule has 2 aromatic rings. The summed E-state index contributed by atoms with van der Waals surface area (Å²) in [6.45, 7) is 3.86. The van der Waals surface area contributed by atoms with Crippen molar-refractivity contribution in [1.82, 2.24) is 14.5 Å². The molecule has 198 valence electrons. The standard InChI is InChI=1S/C26H32N4O6S/c1-18-8-10-19(11-9-18)26(2)24(32)30(25(33)28-26)17-23(31)27-21-16-20(12-13-22(21)36-3)37(34,35)29-14-6-4-5-7-15-29/h8-13,16H,4-7,14-15,17H2,1-3H3,(H,27,31)(H,28,33)/t26-/m1/s1. The van der Waals surface area contributed by atoms with Crippen LogP contribution in [0, 0.1) is 6.92 Å². The average molecular weight is 529 g/mol. The van der Waals surface area contributed by atoms with Crippen molar-refractivity contribution in [3.63, 3.8) is 0 Å². The summed E-state index contributed by atoms with van der Waals surface area (Å²) in [6.07, 6.45) is 3.57. The summed E-state index contributed by atoms with van der Waals surface area (Å²) in [7, 11) is -2.36. The van der Waals surface area contributed by atoms with Crippen LogP contribution in [0.2, 0.25) is 0 Å². The first kappa shape index (κ1) is 26.6. The van der Waals surface area contributed by atoms with E-state index >= 15 is 0 Å². The summed E-state index contributed by atoms with van der Waals surface area (Å²) < 4.78 is 33.2. The van der Waals surface area contributed by atoms with Crippen molar-refractivity contribution in [2.24, 2.45) is 0 Å². The van der Waals surface area contributed by atoms with E-state index in [0.717, 1.165) is 36.1 Å². The number of rotatable bonds is 7. The second-order valence-electron chi connectivity index (χ2n) is 9.54. The van der Waals surface area contributed by atoms with Crippen LogP contribution in [0.15, 0.2) is 47.4 Å². The van der Waals surface area contributed by atoms with Crippen LogP contribution < -0.4 is 15.4 Å². The highest BCUT2D eigenvalue weighted by Crippen LogP contribution is 2.31. The number of ether oxygens (including phenoxy) is 1. The summed E-state index contributed by atoms with van der Waals surface area (Å²) in [5.74, 6) is -0.968. The van der Waals surface area contributed by atoms with Gasteiger partial charge in [-0.2, -0.15) is 4.31 Å². The second kappa shape index (κ2) is 10.5. The van der Waals surface area contributed by atoms with Gasteiger partial charge in [-0.15, -0.1) is 0 Å². The zero-order valence-corrected chi connectivity index (χ0v) is 22.1. The predicted octanol–water partition coefficient (Wildman–Crippen LogP) is 2.97. The summed E-state index contributed by atoms with van der Waals surface area (Å²) in [5.41, 5.74) is 0.447. The van der Waals surface area contributed by atoms with E-state index in [1.165, 1.54) is 29.6 Å². The lowest BCUT2D eigenvalue weighted by Gasteiger charge is -2.22. The van der Waals surface area contributed by atoms with Gasteiger partial charge in [0.05, 0.1) is 17.7 Å². The molecule has 2 aliphatic rings. The van der Waals surface area contributed by atoms with Gasteiger partial charge in [-0.25, -0.2) is 13.2 Å². The van der Waals surface area contributed by atoms with Crippen molar-refractivity contribution in [3.05, 3.63) is 53.6 Å².